The molecule has 0 unspecified atom stereocenters. The zero-order valence-electron chi connectivity index (χ0n) is 16.4. The van der Waals surface area contributed by atoms with Gasteiger partial charge in [0.15, 0.2) is 0 Å². The molecule has 1 saturated heterocycles. The molecule has 8 nitrogen and oxygen atoms in total. The second kappa shape index (κ2) is 8.22. The third-order valence-corrected chi connectivity index (χ3v) is 5.41. The van der Waals surface area contributed by atoms with Crippen LogP contribution in [0, 0.1) is 6.92 Å². The van der Waals surface area contributed by atoms with Gasteiger partial charge in [-0.1, -0.05) is 6.07 Å². The molecule has 2 heterocycles. The fraction of sp³-hybridized carbons (Fsp3) is 0.474. The van der Waals surface area contributed by atoms with E-state index in [1.54, 1.807) is 11.0 Å². The number of hydrogen-bond acceptors (Lipinski definition) is 5. The number of hydrogen-bond donors (Lipinski definition) is 2. The summed E-state index contributed by atoms with van der Waals surface area (Å²) in [5.41, 5.74) is 2.73. The number of H-pyrrole nitrogens is 1. The van der Waals surface area contributed by atoms with Crippen molar-refractivity contribution in [3.05, 3.63) is 41.2 Å². The van der Waals surface area contributed by atoms with Crippen molar-refractivity contribution < 1.29 is 17.9 Å². The summed E-state index contributed by atoms with van der Waals surface area (Å²) in [5.74, 6) is 0.652. The Hall–Kier alpha value is -2.55. The Morgan fingerprint density at radius 1 is 1.43 bits per heavy atom. The van der Waals surface area contributed by atoms with Crippen LogP contribution >= 0.6 is 0 Å². The highest BCUT2D eigenvalue weighted by Crippen LogP contribution is 2.31. The van der Waals surface area contributed by atoms with E-state index >= 15 is 0 Å². The molecule has 1 fully saturated rings. The molecule has 2 N–H and O–H groups in total. The number of aromatic nitrogens is 2. The number of carbonyl (C=O) groups excluding carboxylic acids is 1. The maximum atomic E-state index is 13.0. The Bertz CT molecular complexity index is 955. The van der Waals surface area contributed by atoms with Crippen LogP contribution in [0.3, 0.4) is 0 Å². The highest BCUT2D eigenvalue weighted by atomic mass is 32.2. The minimum atomic E-state index is -3.40. The van der Waals surface area contributed by atoms with E-state index in [9.17, 15) is 13.2 Å². The van der Waals surface area contributed by atoms with Crippen molar-refractivity contribution in [3.8, 4) is 5.75 Å². The van der Waals surface area contributed by atoms with E-state index in [-0.39, 0.29) is 11.8 Å². The van der Waals surface area contributed by atoms with Gasteiger partial charge in [0.2, 0.25) is 10.0 Å². The Labute approximate surface area is 165 Å². The van der Waals surface area contributed by atoms with Crippen molar-refractivity contribution in [2.45, 2.75) is 32.6 Å². The Kier molecular flexibility index (Phi) is 5.93. The molecule has 1 aliphatic heterocycles. The standard InChI is InChI=1S/C19H26N4O4S/c1-4-27-17-10-14(8-7-13(17)2)19(24)23-9-5-6-15(12-23)18-16(11-20-21-18)22-28(3,25)26/h7-8,10-11,15,22H,4-6,9,12H2,1-3H3,(H,20,21)/t15-/m0/s1. The Balaban J connectivity index is 1.78. The highest BCUT2D eigenvalue weighted by molar-refractivity contribution is 7.92. The minimum Gasteiger partial charge on any atom is -0.494 e. The lowest BCUT2D eigenvalue weighted by Crippen LogP contribution is -2.39. The minimum absolute atomic E-state index is 0.0127. The number of likely N-dealkylation sites (tertiary alicyclic amines) is 1. The van der Waals surface area contributed by atoms with Crippen molar-refractivity contribution in [2.24, 2.45) is 0 Å². The monoisotopic (exact) mass is 406 g/mol. The van der Waals surface area contributed by atoms with Crippen LogP contribution in [-0.4, -0.2) is 55.4 Å². The van der Waals surface area contributed by atoms with Gasteiger partial charge in [0.05, 0.1) is 30.4 Å². The summed E-state index contributed by atoms with van der Waals surface area (Å²) in [7, 11) is -3.40. The molecule has 0 radical (unpaired) electrons. The van der Waals surface area contributed by atoms with Gasteiger partial charge in [-0.3, -0.25) is 14.6 Å². The van der Waals surface area contributed by atoms with Gasteiger partial charge in [-0.05, 0) is 44.4 Å². The molecule has 152 valence electrons. The van der Waals surface area contributed by atoms with Gasteiger partial charge in [0.25, 0.3) is 5.91 Å². The first-order valence-corrected chi connectivity index (χ1v) is 11.2. The van der Waals surface area contributed by atoms with Crippen LogP contribution in [0.25, 0.3) is 0 Å². The molecule has 0 aliphatic carbocycles. The number of sulfonamides is 1. The molecule has 0 spiro atoms. The number of aryl methyl sites for hydroxylation is 1. The third kappa shape index (κ3) is 4.64. The van der Waals surface area contributed by atoms with Crippen molar-refractivity contribution in [3.63, 3.8) is 0 Å². The van der Waals surface area contributed by atoms with E-state index in [0.717, 1.165) is 30.4 Å². The van der Waals surface area contributed by atoms with Gasteiger partial charge < -0.3 is 9.64 Å². The molecule has 1 aromatic carbocycles. The normalized spacial score (nSPS) is 17.4. The fourth-order valence-electron chi connectivity index (χ4n) is 3.51. The average molecular weight is 407 g/mol. The van der Waals surface area contributed by atoms with E-state index in [2.05, 4.69) is 14.9 Å². The number of rotatable bonds is 6. The quantitative estimate of drug-likeness (QED) is 0.767. The first kappa shape index (κ1) is 20.2. The van der Waals surface area contributed by atoms with Crippen LogP contribution in [0.5, 0.6) is 5.75 Å². The van der Waals surface area contributed by atoms with Gasteiger partial charge >= 0.3 is 0 Å². The van der Waals surface area contributed by atoms with Gasteiger partial charge in [-0.2, -0.15) is 5.10 Å². The molecular formula is C19H26N4O4S. The number of ether oxygens (including phenoxy) is 1. The number of piperidine rings is 1. The summed E-state index contributed by atoms with van der Waals surface area (Å²) in [5, 5.41) is 6.88. The largest absolute Gasteiger partial charge is 0.494 e. The van der Waals surface area contributed by atoms with Gasteiger partial charge in [-0.15, -0.1) is 0 Å². The number of amides is 1. The lowest BCUT2D eigenvalue weighted by Gasteiger charge is -2.33. The topological polar surface area (TPSA) is 104 Å². The molecular weight excluding hydrogens is 380 g/mol. The number of carbonyl (C=O) groups is 1. The summed E-state index contributed by atoms with van der Waals surface area (Å²) >= 11 is 0. The maximum absolute atomic E-state index is 13.0. The summed E-state index contributed by atoms with van der Waals surface area (Å²) in [6.45, 7) is 5.56. The summed E-state index contributed by atoms with van der Waals surface area (Å²) in [6, 6.07) is 5.50. The van der Waals surface area contributed by atoms with E-state index in [4.69, 9.17) is 4.74 Å². The fourth-order valence-corrected chi connectivity index (χ4v) is 4.07. The molecule has 2 aromatic rings. The smallest absolute Gasteiger partial charge is 0.254 e. The van der Waals surface area contributed by atoms with E-state index in [1.165, 1.54) is 6.20 Å². The van der Waals surface area contributed by atoms with Gasteiger partial charge in [-0.25, -0.2) is 8.42 Å². The molecule has 1 aromatic heterocycles. The van der Waals surface area contributed by atoms with E-state index in [0.29, 0.717) is 36.6 Å². The maximum Gasteiger partial charge on any atom is 0.254 e. The van der Waals surface area contributed by atoms with Crippen LogP contribution in [-0.2, 0) is 10.0 Å². The molecule has 9 heteroatoms. The molecule has 0 bridgehead atoms. The zero-order valence-corrected chi connectivity index (χ0v) is 17.2. The van der Waals surface area contributed by atoms with Crippen molar-refractivity contribution >= 4 is 21.6 Å². The van der Waals surface area contributed by atoms with Crippen LogP contribution in [0.2, 0.25) is 0 Å². The number of nitrogens with zero attached hydrogens (tertiary/aromatic N) is 2. The molecule has 28 heavy (non-hydrogen) atoms. The second-order valence-corrected chi connectivity index (χ2v) is 8.82. The SMILES string of the molecule is CCOc1cc(C(=O)N2CCC[C@H](c3[nH]ncc3NS(C)(=O)=O)C2)ccc1C. The predicted octanol–water partition coefficient (Wildman–Crippen LogP) is 2.51. The first-order chi connectivity index (χ1) is 13.3. The van der Waals surface area contributed by atoms with Crippen LogP contribution in [0.15, 0.2) is 24.4 Å². The van der Waals surface area contributed by atoms with Crippen molar-refractivity contribution in [2.75, 3.05) is 30.7 Å². The molecule has 0 saturated carbocycles. The van der Waals surface area contributed by atoms with Crippen molar-refractivity contribution in [1.82, 2.24) is 15.1 Å². The van der Waals surface area contributed by atoms with Gasteiger partial charge in [0.1, 0.15) is 5.75 Å². The first-order valence-electron chi connectivity index (χ1n) is 9.32. The van der Waals surface area contributed by atoms with Crippen LogP contribution < -0.4 is 9.46 Å². The summed E-state index contributed by atoms with van der Waals surface area (Å²) < 4.78 is 31.2. The molecule has 1 atom stereocenters. The number of aromatic amines is 1. The average Bonchev–Trinajstić information content (AvgIpc) is 3.09. The van der Waals surface area contributed by atoms with Crippen molar-refractivity contribution in [1.29, 1.82) is 0 Å². The Morgan fingerprint density at radius 2 is 2.21 bits per heavy atom. The summed E-state index contributed by atoms with van der Waals surface area (Å²) in [6.07, 6.45) is 4.25. The molecule has 1 aliphatic rings. The predicted molar refractivity (Wildman–Crippen MR) is 107 cm³/mol. The van der Waals surface area contributed by atoms with E-state index < -0.39 is 10.0 Å². The Morgan fingerprint density at radius 3 is 2.93 bits per heavy atom. The molecule has 3 rings (SSSR count). The number of nitrogens with one attached hydrogen (secondary N) is 2. The lowest BCUT2D eigenvalue weighted by atomic mass is 9.93. The number of benzene rings is 1. The van der Waals surface area contributed by atoms with E-state index in [1.807, 2.05) is 26.0 Å². The second-order valence-electron chi connectivity index (χ2n) is 7.08. The highest BCUT2D eigenvalue weighted by Gasteiger charge is 2.28. The molecule has 1 amide bonds. The summed E-state index contributed by atoms with van der Waals surface area (Å²) in [4.78, 5) is 14.8. The number of anilines is 1. The van der Waals surface area contributed by atoms with Gasteiger partial charge in [0, 0.05) is 24.6 Å². The lowest BCUT2D eigenvalue weighted by molar-refractivity contribution is 0.0705. The van der Waals surface area contributed by atoms with Crippen LogP contribution in [0.4, 0.5) is 5.69 Å². The third-order valence-electron chi connectivity index (χ3n) is 4.82. The van der Waals surface area contributed by atoms with Crippen LogP contribution in [0.1, 0.15) is 47.3 Å². The zero-order chi connectivity index (χ0) is 20.3.